The lowest BCUT2D eigenvalue weighted by atomic mass is 10.1. The molecule has 31 heavy (non-hydrogen) atoms. The van der Waals surface area contributed by atoms with E-state index in [0.29, 0.717) is 5.65 Å². The van der Waals surface area contributed by atoms with Gasteiger partial charge in [-0.05, 0) is 61.4 Å². The van der Waals surface area contributed by atoms with Gasteiger partial charge in [-0.1, -0.05) is 6.07 Å². The van der Waals surface area contributed by atoms with Gasteiger partial charge in [0.25, 0.3) is 5.56 Å². The van der Waals surface area contributed by atoms with E-state index in [0.717, 1.165) is 16.8 Å². The fourth-order valence-electron chi connectivity index (χ4n) is 3.39. The normalized spacial score (nSPS) is 11.3. The predicted molar refractivity (Wildman–Crippen MR) is 110 cm³/mol. The number of carbonyl (C=O) groups is 1. The maximum atomic E-state index is 12.9. The molecule has 9 heteroatoms. The maximum Gasteiger partial charge on any atom is 0.387 e. The summed E-state index contributed by atoms with van der Waals surface area (Å²) in [7, 11) is 0. The number of carbonyl (C=O) groups excluding carboxylic acids is 1. The summed E-state index contributed by atoms with van der Waals surface area (Å²) in [5.74, 6) is -0.417. The van der Waals surface area contributed by atoms with E-state index in [1.54, 1.807) is 4.68 Å². The van der Waals surface area contributed by atoms with Crippen molar-refractivity contribution >= 4 is 16.8 Å². The molecule has 2 heterocycles. The van der Waals surface area contributed by atoms with Crippen molar-refractivity contribution in [3.05, 3.63) is 82.0 Å². The van der Waals surface area contributed by atoms with Crippen molar-refractivity contribution < 1.29 is 18.3 Å². The molecule has 0 bridgehead atoms. The lowest BCUT2D eigenvalue weighted by Crippen LogP contribution is -2.24. The first kappa shape index (κ1) is 20.4. The van der Waals surface area contributed by atoms with Crippen molar-refractivity contribution in [3.63, 3.8) is 0 Å². The number of Topliss-reactive ketones (excluding diaryl/α,β-unsaturated/α-hetero) is 1. The summed E-state index contributed by atoms with van der Waals surface area (Å²) in [4.78, 5) is 29.7. The van der Waals surface area contributed by atoms with Gasteiger partial charge in [0.05, 0.1) is 18.4 Å². The van der Waals surface area contributed by atoms with Crippen LogP contribution in [0.1, 0.15) is 21.5 Å². The predicted octanol–water partition coefficient (Wildman–Crippen LogP) is 3.68. The molecular weight excluding hydrogens is 406 g/mol. The van der Waals surface area contributed by atoms with Crippen LogP contribution in [-0.4, -0.2) is 31.7 Å². The van der Waals surface area contributed by atoms with Gasteiger partial charge in [0.1, 0.15) is 17.5 Å². The monoisotopic (exact) mass is 424 g/mol. The SMILES string of the molecule is Cc1cc(C)cc(-n2ncc3c(=O)n(CC(=O)c4ccc(OC(F)F)cc4)cnc32)c1. The molecular formula is C22H18F2N4O3. The highest BCUT2D eigenvalue weighted by Gasteiger charge is 2.15. The zero-order valence-corrected chi connectivity index (χ0v) is 16.8. The number of nitrogens with zero attached hydrogens (tertiary/aromatic N) is 4. The first-order chi connectivity index (χ1) is 14.8. The molecule has 7 nitrogen and oxygen atoms in total. The third-order valence-electron chi connectivity index (χ3n) is 4.72. The first-order valence-electron chi connectivity index (χ1n) is 9.42. The summed E-state index contributed by atoms with van der Waals surface area (Å²) in [5, 5.41) is 4.59. The third-order valence-corrected chi connectivity index (χ3v) is 4.72. The number of halogens is 2. The summed E-state index contributed by atoms with van der Waals surface area (Å²) in [6.45, 7) is 0.759. The highest BCUT2D eigenvalue weighted by Crippen LogP contribution is 2.18. The molecule has 2 aromatic carbocycles. The number of hydrogen-bond donors (Lipinski definition) is 0. The minimum Gasteiger partial charge on any atom is -0.435 e. The number of rotatable bonds is 6. The van der Waals surface area contributed by atoms with Crippen LogP contribution in [0.5, 0.6) is 5.75 Å². The van der Waals surface area contributed by atoms with Gasteiger partial charge in [-0.15, -0.1) is 0 Å². The van der Waals surface area contributed by atoms with Crippen LogP contribution in [0.15, 0.2) is 59.8 Å². The number of alkyl halides is 2. The van der Waals surface area contributed by atoms with Crippen molar-refractivity contribution in [2.24, 2.45) is 0 Å². The van der Waals surface area contributed by atoms with Crippen molar-refractivity contribution in [1.82, 2.24) is 19.3 Å². The van der Waals surface area contributed by atoms with Crippen molar-refractivity contribution in [2.75, 3.05) is 0 Å². The van der Waals surface area contributed by atoms with Gasteiger partial charge in [0.15, 0.2) is 11.4 Å². The van der Waals surface area contributed by atoms with Crippen molar-refractivity contribution in [2.45, 2.75) is 27.0 Å². The number of benzene rings is 2. The highest BCUT2D eigenvalue weighted by atomic mass is 19.3. The van der Waals surface area contributed by atoms with E-state index >= 15 is 0 Å². The molecule has 0 radical (unpaired) electrons. The number of fused-ring (bicyclic) bond motifs is 1. The average Bonchev–Trinajstić information content (AvgIpc) is 3.14. The smallest absolute Gasteiger partial charge is 0.387 e. The molecule has 0 spiro atoms. The number of ketones is 1. The molecule has 158 valence electrons. The second-order valence-corrected chi connectivity index (χ2v) is 7.14. The van der Waals surface area contributed by atoms with E-state index in [-0.39, 0.29) is 29.0 Å². The van der Waals surface area contributed by atoms with E-state index < -0.39 is 12.2 Å². The topological polar surface area (TPSA) is 79.0 Å². The van der Waals surface area contributed by atoms with Gasteiger partial charge >= 0.3 is 6.61 Å². The second-order valence-electron chi connectivity index (χ2n) is 7.14. The molecule has 0 unspecified atom stereocenters. The lowest BCUT2D eigenvalue weighted by Gasteiger charge is -2.08. The molecule has 0 saturated heterocycles. The Morgan fingerprint density at radius 3 is 2.42 bits per heavy atom. The lowest BCUT2D eigenvalue weighted by molar-refractivity contribution is -0.0498. The van der Waals surface area contributed by atoms with E-state index in [1.807, 2.05) is 32.0 Å². The first-order valence-corrected chi connectivity index (χ1v) is 9.42. The summed E-state index contributed by atoms with van der Waals surface area (Å²) in [6.07, 6.45) is 2.73. The third kappa shape index (κ3) is 4.20. The van der Waals surface area contributed by atoms with Crippen LogP contribution in [0, 0.1) is 13.8 Å². The number of ether oxygens (including phenoxy) is 1. The maximum absolute atomic E-state index is 12.9. The minimum atomic E-state index is -2.94. The van der Waals surface area contributed by atoms with Gasteiger partial charge in [-0.3, -0.25) is 14.2 Å². The second kappa shape index (κ2) is 8.10. The highest BCUT2D eigenvalue weighted by molar-refractivity contribution is 5.96. The van der Waals surface area contributed by atoms with Crippen LogP contribution in [0.4, 0.5) is 8.78 Å². The van der Waals surface area contributed by atoms with Crippen LogP contribution in [0.2, 0.25) is 0 Å². The molecule has 4 aromatic rings. The molecule has 0 N–H and O–H groups in total. The van der Waals surface area contributed by atoms with E-state index in [2.05, 4.69) is 14.8 Å². The fraction of sp³-hybridized carbons (Fsp3) is 0.182. The Labute approximate surface area is 175 Å². The van der Waals surface area contributed by atoms with Crippen LogP contribution in [0.25, 0.3) is 16.7 Å². The number of hydrogen-bond acceptors (Lipinski definition) is 5. The van der Waals surface area contributed by atoms with E-state index in [9.17, 15) is 18.4 Å². The summed E-state index contributed by atoms with van der Waals surface area (Å²) in [6, 6.07) is 11.2. The van der Waals surface area contributed by atoms with Crippen molar-refractivity contribution in [1.29, 1.82) is 0 Å². The molecule has 0 saturated carbocycles. The van der Waals surface area contributed by atoms with Crippen LogP contribution >= 0.6 is 0 Å². The Hall–Kier alpha value is -3.88. The Morgan fingerprint density at radius 2 is 1.77 bits per heavy atom. The average molecular weight is 424 g/mol. The van der Waals surface area contributed by atoms with Crippen molar-refractivity contribution in [3.8, 4) is 11.4 Å². The van der Waals surface area contributed by atoms with Gasteiger partial charge in [0, 0.05) is 5.56 Å². The summed E-state index contributed by atoms with van der Waals surface area (Å²) in [5.41, 5.74) is 3.17. The Morgan fingerprint density at radius 1 is 1.10 bits per heavy atom. The van der Waals surface area contributed by atoms with E-state index in [4.69, 9.17) is 0 Å². The Balaban J connectivity index is 1.61. The fourth-order valence-corrected chi connectivity index (χ4v) is 3.39. The molecule has 0 aliphatic heterocycles. The van der Waals surface area contributed by atoms with Gasteiger partial charge in [-0.25, -0.2) is 9.67 Å². The zero-order chi connectivity index (χ0) is 22.1. The van der Waals surface area contributed by atoms with Gasteiger partial charge < -0.3 is 4.74 Å². The molecule has 0 fully saturated rings. The van der Waals surface area contributed by atoms with Gasteiger partial charge in [-0.2, -0.15) is 13.9 Å². The zero-order valence-electron chi connectivity index (χ0n) is 16.8. The molecule has 0 atom stereocenters. The van der Waals surface area contributed by atoms with Crippen LogP contribution in [0.3, 0.4) is 0 Å². The number of aromatic nitrogens is 4. The Bertz CT molecular complexity index is 1310. The van der Waals surface area contributed by atoms with Crippen LogP contribution < -0.4 is 10.3 Å². The Kier molecular flexibility index (Phi) is 5.33. The molecule has 0 aliphatic rings. The molecule has 2 aromatic heterocycles. The van der Waals surface area contributed by atoms with Gasteiger partial charge in [0.2, 0.25) is 0 Å². The van der Waals surface area contributed by atoms with E-state index in [1.165, 1.54) is 41.4 Å². The quantitative estimate of drug-likeness (QED) is 0.441. The summed E-state index contributed by atoms with van der Waals surface area (Å²) >= 11 is 0. The summed E-state index contributed by atoms with van der Waals surface area (Å²) < 4.78 is 31.5. The standard InChI is InChI=1S/C22H18F2N4O3/c1-13-7-14(2)9-16(8-13)28-20-18(10-26-28)21(30)27(12-25-20)11-19(29)15-3-5-17(6-4-15)31-22(23)24/h3-10,12,22H,11H2,1-2H3. The van der Waals surface area contributed by atoms with Crippen LogP contribution in [-0.2, 0) is 6.54 Å². The minimum absolute atomic E-state index is 0.0504. The number of aryl methyl sites for hydroxylation is 2. The molecule has 0 aliphatic carbocycles. The largest absolute Gasteiger partial charge is 0.435 e. The molecule has 0 amide bonds. The molecule has 4 rings (SSSR count).